The fourth-order valence-corrected chi connectivity index (χ4v) is 10.6. The highest BCUT2D eigenvalue weighted by atomic mass is 28.4. The molecule has 0 unspecified atom stereocenters. The van der Waals surface area contributed by atoms with Crippen molar-refractivity contribution in [3.8, 4) is 0 Å². The second-order valence-electron chi connectivity index (χ2n) is 7.35. The fraction of sp³-hybridized carbons (Fsp3) is 1.00. The summed E-state index contributed by atoms with van der Waals surface area (Å²) >= 11 is 0. The van der Waals surface area contributed by atoms with Gasteiger partial charge in [0, 0.05) is 13.7 Å². The zero-order chi connectivity index (χ0) is 13.8. The third kappa shape index (κ3) is 4.80. The maximum atomic E-state index is 9.22. The first kappa shape index (κ1) is 16.4. The standard InChI is InChI=1S/C14H32O2Si2/c1-16-18(4,5)11-10-17(2,3)14-8-6-13(12-15)7-9-14/h13-15H,6-12H2,1-5H3. The first-order valence-electron chi connectivity index (χ1n) is 7.47. The smallest absolute Gasteiger partial charge is 0.185 e. The monoisotopic (exact) mass is 288 g/mol. The Labute approximate surface area is 115 Å². The van der Waals surface area contributed by atoms with E-state index in [4.69, 9.17) is 4.43 Å². The molecule has 1 aliphatic carbocycles. The van der Waals surface area contributed by atoms with Crippen LogP contribution in [0.5, 0.6) is 0 Å². The number of rotatable bonds is 6. The van der Waals surface area contributed by atoms with Gasteiger partial charge in [0.2, 0.25) is 0 Å². The van der Waals surface area contributed by atoms with E-state index in [1.165, 1.54) is 37.8 Å². The molecule has 4 heteroatoms. The third-order valence-electron chi connectivity index (χ3n) is 5.13. The molecule has 0 aliphatic heterocycles. The topological polar surface area (TPSA) is 29.5 Å². The lowest BCUT2D eigenvalue weighted by atomic mass is 9.89. The predicted molar refractivity (Wildman–Crippen MR) is 84.4 cm³/mol. The summed E-state index contributed by atoms with van der Waals surface area (Å²) in [6.45, 7) is 10.2. The van der Waals surface area contributed by atoms with E-state index < -0.39 is 16.4 Å². The summed E-state index contributed by atoms with van der Waals surface area (Å²) in [6.07, 6.45) is 5.23. The molecular formula is C14H32O2Si2. The van der Waals surface area contributed by atoms with Gasteiger partial charge in [0.25, 0.3) is 0 Å². The van der Waals surface area contributed by atoms with Crippen LogP contribution in [0, 0.1) is 5.92 Å². The second kappa shape index (κ2) is 6.68. The van der Waals surface area contributed by atoms with Gasteiger partial charge in [-0.25, -0.2) is 0 Å². The third-order valence-corrected chi connectivity index (χ3v) is 12.5. The largest absolute Gasteiger partial charge is 0.420 e. The van der Waals surface area contributed by atoms with E-state index in [1.807, 2.05) is 7.11 Å². The lowest BCUT2D eigenvalue weighted by Gasteiger charge is -2.39. The molecule has 0 saturated heterocycles. The summed E-state index contributed by atoms with van der Waals surface area (Å²) in [7, 11) is -0.592. The number of aliphatic hydroxyl groups excluding tert-OH is 1. The van der Waals surface area contributed by atoms with Gasteiger partial charge in [0.1, 0.15) is 0 Å². The van der Waals surface area contributed by atoms with Crippen molar-refractivity contribution in [3.63, 3.8) is 0 Å². The highest BCUT2D eigenvalue weighted by Crippen LogP contribution is 2.42. The van der Waals surface area contributed by atoms with Crippen LogP contribution < -0.4 is 0 Å². The van der Waals surface area contributed by atoms with Gasteiger partial charge in [-0.05, 0) is 43.4 Å². The first-order valence-corrected chi connectivity index (χ1v) is 13.9. The molecule has 0 radical (unpaired) electrons. The molecule has 0 aromatic heterocycles. The molecule has 1 aliphatic rings. The predicted octanol–water partition coefficient (Wildman–Crippen LogP) is 4.10. The Morgan fingerprint density at radius 1 is 1.00 bits per heavy atom. The molecular weight excluding hydrogens is 256 g/mol. The van der Waals surface area contributed by atoms with Crippen molar-refractivity contribution in [1.82, 2.24) is 0 Å². The quantitative estimate of drug-likeness (QED) is 0.746. The van der Waals surface area contributed by atoms with Crippen LogP contribution in [-0.4, -0.2) is 35.2 Å². The van der Waals surface area contributed by atoms with E-state index in [0.29, 0.717) is 12.5 Å². The minimum absolute atomic E-state index is 0.401. The van der Waals surface area contributed by atoms with Crippen LogP contribution in [0.3, 0.4) is 0 Å². The maximum Gasteiger partial charge on any atom is 0.185 e. The summed E-state index contributed by atoms with van der Waals surface area (Å²) in [6, 6.07) is 2.75. The minimum atomic E-state index is -1.38. The Balaban J connectivity index is 2.44. The molecule has 0 heterocycles. The Morgan fingerprint density at radius 2 is 1.56 bits per heavy atom. The highest BCUT2D eigenvalue weighted by molar-refractivity contribution is 6.81. The molecule has 0 aromatic carbocycles. The SMILES string of the molecule is CO[Si](C)(C)CC[Si](C)(C)C1CCC(CO)CC1. The van der Waals surface area contributed by atoms with E-state index in [2.05, 4.69) is 26.2 Å². The van der Waals surface area contributed by atoms with Crippen LogP contribution in [0.4, 0.5) is 0 Å². The lowest BCUT2D eigenvalue weighted by Crippen LogP contribution is -2.38. The van der Waals surface area contributed by atoms with Crippen LogP contribution in [0.25, 0.3) is 0 Å². The molecule has 0 atom stereocenters. The molecule has 0 bridgehead atoms. The van der Waals surface area contributed by atoms with Gasteiger partial charge in [0.15, 0.2) is 8.32 Å². The van der Waals surface area contributed by atoms with Gasteiger partial charge >= 0.3 is 0 Å². The van der Waals surface area contributed by atoms with Crippen LogP contribution in [0.15, 0.2) is 0 Å². The van der Waals surface area contributed by atoms with Crippen molar-refractivity contribution >= 4 is 16.4 Å². The zero-order valence-corrected chi connectivity index (χ0v) is 15.0. The van der Waals surface area contributed by atoms with Crippen molar-refractivity contribution in [3.05, 3.63) is 0 Å². The lowest BCUT2D eigenvalue weighted by molar-refractivity contribution is 0.189. The second-order valence-corrected chi connectivity index (χ2v) is 17.1. The molecule has 108 valence electrons. The van der Waals surface area contributed by atoms with Crippen molar-refractivity contribution in [2.45, 2.75) is 69.5 Å². The van der Waals surface area contributed by atoms with Gasteiger partial charge in [0.05, 0.1) is 8.07 Å². The number of hydrogen-bond donors (Lipinski definition) is 1. The summed E-state index contributed by atoms with van der Waals surface area (Å²) in [5, 5.41) is 9.22. The fourth-order valence-electron chi connectivity index (χ4n) is 3.06. The summed E-state index contributed by atoms with van der Waals surface area (Å²) < 4.78 is 5.68. The van der Waals surface area contributed by atoms with Crippen LogP contribution in [0.2, 0.25) is 43.8 Å². The highest BCUT2D eigenvalue weighted by Gasteiger charge is 2.36. The van der Waals surface area contributed by atoms with E-state index in [1.54, 1.807) is 0 Å². The van der Waals surface area contributed by atoms with Crippen LogP contribution >= 0.6 is 0 Å². The number of aliphatic hydroxyl groups is 1. The molecule has 2 nitrogen and oxygen atoms in total. The minimum Gasteiger partial charge on any atom is -0.420 e. The number of hydrogen-bond acceptors (Lipinski definition) is 2. The Kier molecular flexibility index (Phi) is 6.09. The van der Waals surface area contributed by atoms with Crippen molar-refractivity contribution < 1.29 is 9.53 Å². The average Bonchev–Trinajstić information content (AvgIpc) is 2.37. The van der Waals surface area contributed by atoms with Crippen molar-refractivity contribution in [2.75, 3.05) is 13.7 Å². The average molecular weight is 289 g/mol. The molecule has 18 heavy (non-hydrogen) atoms. The van der Waals surface area contributed by atoms with Crippen molar-refractivity contribution in [1.29, 1.82) is 0 Å². The van der Waals surface area contributed by atoms with E-state index in [0.717, 1.165) is 5.54 Å². The normalized spacial score (nSPS) is 26.3. The van der Waals surface area contributed by atoms with Gasteiger partial charge < -0.3 is 9.53 Å². The summed E-state index contributed by atoms with van der Waals surface area (Å²) in [5.41, 5.74) is 0.974. The van der Waals surface area contributed by atoms with Gasteiger partial charge in [-0.15, -0.1) is 0 Å². The Bertz CT molecular complexity index is 246. The van der Waals surface area contributed by atoms with Crippen molar-refractivity contribution in [2.24, 2.45) is 5.92 Å². The zero-order valence-electron chi connectivity index (χ0n) is 13.0. The molecule has 1 rings (SSSR count). The molecule has 1 N–H and O–H groups in total. The molecule has 1 fully saturated rings. The van der Waals surface area contributed by atoms with Gasteiger partial charge in [-0.2, -0.15) is 0 Å². The Hall–Kier alpha value is 0.354. The summed E-state index contributed by atoms with van der Waals surface area (Å²) in [4.78, 5) is 0. The van der Waals surface area contributed by atoms with E-state index in [-0.39, 0.29) is 0 Å². The molecule has 1 saturated carbocycles. The van der Waals surface area contributed by atoms with Crippen LogP contribution in [0.1, 0.15) is 25.7 Å². The molecule has 0 spiro atoms. The Morgan fingerprint density at radius 3 is 2.00 bits per heavy atom. The van der Waals surface area contributed by atoms with Crippen LogP contribution in [-0.2, 0) is 4.43 Å². The maximum absolute atomic E-state index is 9.22. The summed E-state index contributed by atoms with van der Waals surface area (Å²) in [5.74, 6) is 0.593. The van der Waals surface area contributed by atoms with Gasteiger partial charge in [-0.1, -0.05) is 32.0 Å². The first-order chi connectivity index (χ1) is 8.30. The molecule has 0 aromatic rings. The van der Waals surface area contributed by atoms with E-state index >= 15 is 0 Å². The molecule has 0 amide bonds. The van der Waals surface area contributed by atoms with Gasteiger partial charge in [-0.3, -0.25) is 0 Å². The van der Waals surface area contributed by atoms with E-state index in [9.17, 15) is 5.11 Å².